The van der Waals surface area contributed by atoms with Gasteiger partial charge in [0.1, 0.15) is 0 Å². The number of ether oxygens (including phenoxy) is 1. The van der Waals surface area contributed by atoms with Crippen LogP contribution < -0.4 is 5.32 Å². The highest BCUT2D eigenvalue weighted by Crippen LogP contribution is 2.62. The number of rotatable bonds is 5. The highest BCUT2D eigenvalue weighted by Gasteiger charge is 2.64. The zero-order chi connectivity index (χ0) is 10.1. The van der Waals surface area contributed by atoms with E-state index in [2.05, 4.69) is 33.0 Å². The van der Waals surface area contributed by atoms with Crippen molar-refractivity contribution in [3.63, 3.8) is 0 Å². The molecule has 1 rings (SSSR count). The SMILES string of the molecule is CCOCCNC1C(C)(C)C1(C)C. The van der Waals surface area contributed by atoms with Gasteiger partial charge in [-0.3, -0.25) is 0 Å². The summed E-state index contributed by atoms with van der Waals surface area (Å²) in [6.45, 7) is 14.0. The highest BCUT2D eigenvalue weighted by molar-refractivity contribution is 5.17. The third kappa shape index (κ3) is 1.89. The van der Waals surface area contributed by atoms with Crippen LogP contribution in [0.4, 0.5) is 0 Å². The molecule has 0 aromatic rings. The molecule has 0 aromatic heterocycles. The van der Waals surface area contributed by atoms with E-state index in [0.29, 0.717) is 16.9 Å². The predicted molar refractivity (Wildman–Crippen MR) is 55.8 cm³/mol. The van der Waals surface area contributed by atoms with Gasteiger partial charge in [-0.2, -0.15) is 0 Å². The van der Waals surface area contributed by atoms with Crippen LogP contribution in [0.15, 0.2) is 0 Å². The fourth-order valence-electron chi connectivity index (χ4n) is 2.13. The molecular weight excluding hydrogens is 162 g/mol. The average Bonchev–Trinajstić information content (AvgIpc) is 2.39. The highest BCUT2D eigenvalue weighted by atomic mass is 16.5. The quantitative estimate of drug-likeness (QED) is 0.662. The predicted octanol–water partition coefficient (Wildman–Crippen LogP) is 2.05. The van der Waals surface area contributed by atoms with Crippen LogP contribution in [0.1, 0.15) is 34.6 Å². The molecule has 0 radical (unpaired) electrons. The second-order valence-electron chi connectivity index (χ2n) is 5.03. The molecular formula is C11H23NO. The van der Waals surface area contributed by atoms with E-state index in [1.54, 1.807) is 0 Å². The van der Waals surface area contributed by atoms with E-state index in [1.807, 2.05) is 6.92 Å². The fourth-order valence-corrected chi connectivity index (χ4v) is 2.13. The third-order valence-electron chi connectivity index (χ3n) is 3.82. The van der Waals surface area contributed by atoms with E-state index >= 15 is 0 Å². The molecule has 0 amide bonds. The summed E-state index contributed by atoms with van der Waals surface area (Å²) in [6.07, 6.45) is 0. The normalized spacial score (nSPS) is 24.7. The maximum atomic E-state index is 5.29. The van der Waals surface area contributed by atoms with E-state index in [0.717, 1.165) is 19.8 Å². The topological polar surface area (TPSA) is 21.3 Å². The van der Waals surface area contributed by atoms with E-state index in [1.165, 1.54) is 0 Å². The lowest BCUT2D eigenvalue weighted by Crippen LogP contribution is -2.26. The summed E-state index contributed by atoms with van der Waals surface area (Å²) in [7, 11) is 0. The van der Waals surface area contributed by atoms with Crippen LogP contribution in [0, 0.1) is 10.8 Å². The van der Waals surface area contributed by atoms with Gasteiger partial charge in [0.05, 0.1) is 6.61 Å². The van der Waals surface area contributed by atoms with Crippen molar-refractivity contribution in [3.8, 4) is 0 Å². The molecule has 0 spiro atoms. The van der Waals surface area contributed by atoms with Gasteiger partial charge in [-0.05, 0) is 17.8 Å². The average molecular weight is 185 g/mol. The molecule has 1 fully saturated rings. The molecule has 13 heavy (non-hydrogen) atoms. The smallest absolute Gasteiger partial charge is 0.0590 e. The number of nitrogens with one attached hydrogen (secondary N) is 1. The summed E-state index contributed by atoms with van der Waals surface area (Å²) in [5.74, 6) is 0. The van der Waals surface area contributed by atoms with Gasteiger partial charge < -0.3 is 10.1 Å². The molecule has 0 bridgehead atoms. The summed E-state index contributed by atoms with van der Waals surface area (Å²) in [5, 5.41) is 3.55. The van der Waals surface area contributed by atoms with Gasteiger partial charge in [0.2, 0.25) is 0 Å². The Morgan fingerprint density at radius 1 is 1.15 bits per heavy atom. The molecule has 78 valence electrons. The van der Waals surface area contributed by atoms with Crippen molar-refractivity contribution in [2.45, 2.75) is 40.7 Å². The van der Waals surface area contributed by atoms with Crippen LogP contribution in [-0.4, -0.2) is 25.8 Å². The zero-order valence-electron chi connectivity index (χ0n) is 9.61. The molecule has 0 aromatic carbocycles. The molecule has 0 heterocycles. The Bertz CT molecular complexity index is 161. The van der Waals surface area contributed by atoms with Crippen LogP contribution in [0.2, 0.25) is 0 Å². The maximum Gasteiger partial charge on any atom is 0.0590 e. The van der Waals surface area contributed by atoms with Crippen LogP contribution >= 0.6 is 0 Å². The molecule has 1 aliphatic rings. The van der Waals surface area contributed by atoms with E-state index in [9.17, 15) is 0 Å². The summed E-state index contributed by atoms with van der Waals surface area (Å²) < 4.78 is 5.29. The first-order valence-corrected chi connectivity index (χ1v) is 5.25. The number of hydrogen-bond donors (Lipinski definition) is 1. The second kappa shape index (κ2) is 3.58. The van der Waals surface area contributed by atoms with Crippen molar-refractivity contribution < 1.29 is 4.74 Å². The monoisotopic (exact) mass is 185 g/mol. The van der Waals surface area contributed by atoms with Crippen molar-refractivity contribution in [3.05, 3.63) is 0 Å². The Hall–Kier alpha value is -0.0800. The second-order valence-corrected chi connectivity index (χ2v) is 5.03. The lowest BCUT2D eigenvalue weighted by atomic mass is 10.0. The standard InChI is InChI=1S/C11H23NO/c1-6-13-8-7-12-9-10(2,3)11(9,4)5/h9,12H,6-8H2,1-5H3. The first-order valence-electron chi connectivity index (χ1n) is 5.25. The summed E-state index contributed by atoms with van der Waals surface area (Å²) in [4.78, 5) is 0. The van der Waals surface area contributed by atoms with Gasteiger partial charge in [-0.15, -0.1) is 0 Å². The Morgan fingerprint density at radius 2 is 1.69 bits per heavy atom. The molecule has 0 aliphatic heterocycles. The minimum Gasteiger partial charge on any atom is -0.380 e. The first kappa shape index (κ1) is 11.0. The van der Waals surface area contributed by atoms with E-state index in [-0.39, 0.29) is 0 Å². The Kier molecular flexibility index (Phi) is 3.03. The molecule has 1 saturated carbocycles. The summed E-state index contributed by atoms with van der Waals surface area (Å²) in [5.41, 5.74) is 0.887. The van der Waals surface area contributed by atoms with E-state index in [4.69, 9.17) is 4.74 Å². The molecule has 1 N–H and O–H groups in total. The lowest BCUT2D eigenvalue weighted by molar-refractivity contribution is 0.148. The van der Waals surface area contributed by atoms with Gasteiger partial charge in [-0.1, -0.05) is 27.7 Å². The van der Waals surface area contributed by atoms with Gasteiger partial charge in [0.15, 0.2) is 0 Å². The van der Waals surface area contributed by atoms with Crippen molar-refractivity contribution in [1.29, 1.82) is 0 Å². The molecule has 0 atom stereocenters. The largest absolute Gasteiger partial charge is 0.380 e. The van der Waals surface area contributed by atoms with Crippen molar-refractivity contribution in [1.82, 2.24) is 5.32 Å². The van der Waals surface area contributed by atoms with Gasteiger partial charge >= 0.3 is 0 Å². The Labute approximate surface area is 82.0 Å². The molecule has 2 nitrogen and oxygen atoms in total. The minimum absolute atomic E-state index is 0.444. The maximum absolute atomic E-state index is 5.29. The summed E-state index contributed by atoms with van der Waals surface area (Å²) >= 11 is 0. The van der Waals surface area contributed by atoms with Crippen LogP contribution in [0.3, 0.4) is 0 Å². The van der Waals surface area contributed by atoms with Crippen LogP contribution in [-0.2, 0) is 4.74 Å². The van der Waals surface area contributed by atoms with Crippen LogP contribution in [0.5, 0.6) is 0 Å². The molecule has 0 unspecified atom stereocenters. The Morgan fingerprint density at radius 3 is 2.08 bits per heavy atom. The van der Waals surface area contributed by atoms with Gasteiger partial charge in [0, 0.05) is 19.2 Å². The third-order valence-corrected chi connectivity index (χ3v) is 3.82. The molecule has 0 saturated heterocycles. The van der Waals surface area contributed by atoms with Crippen molar-refractivity contribution in [2.24, 2.45) is 10.8 Å². The molecule has 2 heteroatoms. The van der Waals surface area contributed by atoms with Crippen molar-refractivity contribution >= 4 is 0 Å². The number of hydrogen-bond acceptors (Lipinski definition) is 2. The van der Waals surface area contributed by atoms with Gasteiger partial charge in [0.25, 0.3) is 0 Å². The van der Waals surface area contributed by atoms with Crippen LogP contribution in [0.25, 0.3) is 0 Å². The zero-order valence-corrected chi connectivity index (χ0v) is 9.61. The summed E-state index contributed by atoms with van der Waals surface area (Å²) in [6, 6.07) is 0.653. The minimum atomic E-state index is 0.444. The fraction of sp³-hybridized carbons (Fsp3) is 1.00. The molecule has 1 aliphatic carbocycles. The lowest BCUT2D eigenvalue weighted by Gasteiger charge is -2.05. The Balaban J connectivity index is 2.19. The van der Waals surface area contributed by atoms with Crippen molar-refractivity contribution in [2.75, 3.05) is 19.8 Å². The van der Waals surface area contributed by atoms with E-state index < -0.39 is 0 Å². The first-order chi connectivity index (χ1) is 5.94. The van der Waals surface area contributed by atoms with Gasteiger partial charge in [-0.25, -0.2) is 0 Å².